The van der Waals surface area contributed by atoms with Crippen molar-refractivity contribution in [2.75, 3.05) is 5.32 Å². The van der Waals surface area contributed by atoms with E-state index in [0.717, 1.165) is 23.2 Å². The van der Waals surface area contributed by atoms with Crippen LogP contribution in [0.25, 0.3) is 28.3 Å². The molecule has 0 saturated carbocycles. The summed E-state index contributed by atoms with van der Waals surface area (Å²) in [5, 5.41) is 6.86. The van der Waals surface area contributed by atoms with E-state index >= 15 is 0 Å². The predicted molar refractivity (Wildman–Crippen MR) is 118 cm³/mol. The molecule has 1 N–H and O–H groups in total. The van der Waals surface area contributed by atoms with E-state index in [9.17, 15) is 26.7 Å². The van der Waals surface area contributed by atoms with E-state index in [1.165, 1.54) is 53.2 Å². The molecule has 182 valence electrons. The molecule has 0 unspecified atom stereocenters. The fraction of sp³-hybridized carbons (Fsp3) is 0.0870. The summed E-state index contributed by atoms with van der Waals surface area (Å²) in [6.07, 6.45) is -0.986. The molecule has 0 atom stereocenters. The Morgan fingerprint density at radius 3 is 2.50 bits per heavy atom. The Hall–Kier alpha value is -4.68. The van der Waals surface area contributed by atoms with E-state index in [1.54, 1.807) is 0 Å². The molecule has 36 heavy (non-hydrogen) atoms. The molecule has 0 spiro atoms. The van der Waals surface area contributed by atoms with Gasteiger partial charge in [-0.15, -0.1) is 0 Å². The number of anilines is 1. The minimum Gasteiger partial charge on any atom is -0.320 e. The SMILES string of the molecule is O=C(Nc1cn2nc(-c3c(-c4ccc(F)cc4)ncn3CC(F)(F)F)ccc2n1)c1ccnc(F)c1. The minimum absolute atomic E-state index is 0.0215. The van der Waals surface area contributed by atoms with Gasteiger partial charge in [0.2, 0.25) is 5.95 Å². The molecule has 13 heteroatoms. The second kappa shape index (κ2) is 8.83. The highest BCUT2D eigenvalue weighted by Crippen LogP contribution is 2.32. The van der Waals surface area contributed by atoms with Crippen LogP contribution in [-0.4, -0.2) is 41.2 Å². The Morgan fingerprint density at radius 2 is 1.78 bits per heavy atom. The van der Waals surface area contributed by atoms with Gasteiger partial charge in [-0.25, -0.2) is 23.9 Å². The smallest absolute Gasteiger partial charge is 0.320 e. The van der Waals surface area contributed by atoms with Gasteiger partial charge in [0, 0.05) is 23.4 Å². The van der Waals surface area contributed by atoms with Crippen LogP contribution >= 0.6 is 0 Å². The van der Waals surface area contributed by atoms with Crippen molar-refractivity contribution in [1.29, 1.82) is 0 Å². The first-order valence-corrected chi connectivity index (χ1v) is 10.3. The molecular formula is C23H14F5N7O. The summed E-state index contributed by atoms with van der Waals surface area (Å²) in [5.74, 6) is -1.88. The molecule has 1 amide bonds. The summed E-state index contributed by atoms with van der Waals surface area (Å²) in [5.41, 5.74) is 1.09. The molecule has 5 aromatic rings. The van der Waals surface area contributed by atoms with Crippen LogP contribution in [0.3, 0.4) is 0 Å². The number of rotatable bonds is 5. The van der Waals surface area contributed by atoms with Crippen LogP contribution in [0.1, 0.15) is 10.4 Å². The third-order valence-electron chi connectivity index (χ3n) is 5.10. The number of nitrogens with one attached hydrogen (secondary N) is 1. The predicted octanol–water partition coefficient (Wildman–Crippen LogP) is 4.75. The highest BCUT2D eigenvalue weighted by Gasteiger charge is 2.30. The normalized spacial score (nSPS) is 11.7. The summed E-state index contributed by atoms with van der Waals surface area (Å²) in [7, 11) is 0. The maximum atomic E-state index is 13.4. The largest absolute Gasteiger partial charge is 0.406 e. The molecule has 0 aliphatic heterocycles. The number of imidazole rings is 2. The molecule has 5 rings (SSSR count). The Bertz CT molecular complexity index is 1570. The van der Waals surface area contributed by atoms with Gasteiger partial charge in [-0.2, -0.15) is 22.7 Å². The number of hydrogen-bond acceptors (Lipinski definition) is 5. The van der Waals surface area contributed by atoms with Crippen LogP contribution in [0.4, 0.5) is 27.8 Å². The Labute approximate surface area is 199 Å². The van der Waals surface area contributed by atoms with Crippen molar-refractivity contribution in [1.82, 2.24) is 29.1 Å². The van der Waals surface area contributed by atoms with Gasteiger partial charge in [-0.1, -0.05) is 0 Å². The zero-order valence-corrected chi connectivity index (χ0v) is 18.0. The van der Waals surface area contributed by atoms with Gasteiger partial charge >= 0.3 is 6.18 Å². The Balaban J connectivity index is 1.53. The molecule has 0 bridgehead atoms. The first-order chi connectivity index (χ1) is 17.2. The topological polar surface area (TPSA) is 90.0 Å². The van der Waals surface area contributed by atoms with Crippen LogP contribution in [-0.2, 0) is 6.54 Å². The zero-order chi connectivity index (χ0) is 25.4. The number of benzene rings is 1. The number of fused-ring (bicyclic) bond motifs is 1. The maximum absolute atomic E-state index is 13.4. The monoisotopic (exact) mass is 499 g/mol. The molecule has 0 aliphatic rings. The number of amides is 1. The zero-order valence-electron chi connectivity index (χ0n) is 18.0. The molecule has 8 nitrogen and oxygen atoms in total. The summed E-state index contributed by atoms with van der Waals surface area (Å²) in [4.78, 5) is 24.1. The van der Waals surface area contributed by atoms with Crippen molar-refractivity contribution in [2.24, 2.45) is 0 Å². The summed E-state index contributed by atoms with van der Waals surface area (Å²) in [6.45, 7) is -1.32. The van der Waals surface area contributed by atoms with Crippen LogP contribution in [0.15, 0.2) is 67.3 Å². The molecule has 4 heterocycles. The van der Waals surface area contributed by atoms with Gasteiger partial charge in [0.25, 0.3) is 5.91 Å². The fourth-order valence-corrected chi connectivity index (χ4v) is 3.58. The van der Waals surface area contributed by atoms with Crippen molar-refractivity contribution in [3.05, 3.63) is 84.6 Å². The summed E-state index contributed by atoms with van der Waals surface area (Å²) in [6, 6.07) is 10.4. The molecule has 4 aromatic heterocycles. The number of halogens is 5. The molecule has 1 aromatic carbocycles. The number of carbonyl (C=O) groups is 1. The van der Waals surface area contributed by atoms with Gasteiger partial charge in [0.15, 0.2) is 11.5 Å². The van der Waals surface area contributed by atoms with E-state index in [1.807, 2.05) is 0 Å². The van der Waals surface area contributed by atoms with Crippen LogP contribution < -0.4 is 5.32 Å². The van der Waals surface area contributed by atoms with Gasteiger partial charge < -0.3 is 9.88 Å². The third kappa shape index (κ3) is 4.76. The van der Waals surface area contributed by atoms with Crippen molar-refractivity contribution in [3.8, 4) is 22.6 Å². The van der Waals surface area contributed by atoms with Crippen LogP contribution in [0, 0.1) is 11.8 Å². The number of alkyl halides is 3. The second-order valence-corrected chi connectivity index (χ2v) is 7.66. The van der Waals surface area contributed by atoms with Crippen molar-refractivity contribution in [2.45, 2.75) is 12.7 Å². The summed E-state index contributed by atoms with van der Waals surface area (Å²) >= 11 is 0. The van der Waals surface area contributed by atoms with E-state index in [-0.39, 0.29) is 28.5 Å². The van der Waals surface area contributed by atoms with E-state index in [0.29, 0.717) is 11.2 Å². The first-order valence-electron chi connectivity index (χ1n) is 10.3. The third-order valence-corrected chi connectivity index (χ3v) is 5.10. The van der Waals surface area contributed by atoms with Gasteiger partial charge in [0.05, 0.1) is 23.9 Å². The maximum Gasteiger partial charge on any atom is 0.406 e. The van der Waals surface area contributed by atoms with Crippen LogP contribution in [0.5, 0.6) is 0 Å². The Morgan fingerprint density at radius 1 is 1.00 bits per heavy atom. The number of pyridine rings is 1. The molecular weight excluding hydrogens is 485 g/mol. The molecule has 0 saturated heterocycles. The second-order valence-electron chi connectivity index (χ2n) is 7.66. The van der Waals surface area contributed by atoms with Crippen molar-refractivity contribution >= 4 is 17.4 Å². The lowest BCUT2D eigenvalue weighted by Crippen LogP contribution is -2.18. The quantitative estimate of drug-likeness (QED) is 0.279. The standard InChI is InChI=1S/C23H14F5N7O/c24-15-3-1-13(2-4-15)20-21(34(12-30-20)11-23(26,27)28)16-5-6-19-31-18(10-35(19)33-16)32-22(36)14-7-8-29-17(25)9-14/h1-10,12H,11H2,(H,32,36). The average Bonchev–Trinajstić information content (AvgIpc) is 3.41. The first kappa shape index (κ1) is 23.1. The summed E-state index contributed by atoms with van der Waals surface area (Å²) < 4.78 is 68.6. The van der Waals surface area contributed by atoms with Gasteiger partial charge in [-0.3, -0.25) is 4.79 Å². The average molecular weight is 499 g/mol. The highest BCUT2D eigenvalue weighted by molar-refractivity contribution is 6.03. The lowest BCUT2D eigenvalue weighted by molar-refractivity contribution is -0.140. The van der Waals surface area contributed by atoms with E-state index < -0.39 is 30.4 Å². The van der Waals surface area contributed by atoms with Crippen LogP contribution in [0.2, 0.25) is 0 Å². The number of aromatic nitrogens is 6. The number of nitrogens with zero attached hydrogens (tertiary/aromatic N) is 6. The highest BCUT2D eigenvalue weighted by atomic mass is 19.4. The minimum atomic E-state index is -4.53. The fourth-order valence-electron chi connectivity index (χ4n) is 3.58. The van der Waals surface area contributed by atoms with Gasteiger partial charge in [-0.05, 0) is 42.5 Å². The number of hydrogen-bond donors (Lipinski definition) is 1. The lowest BCUT2D eigenvalue weighted by Gasteiger charge is -2.12. The Kier molecular flexibility index (Phi) is 5.66. The van der Waals surface area contributed by atoms with E-state index in [4.69, 9.17) is 0 Å². The molecule has 0 radical (unpaired) electrons. The van der Waals surface area contributed by atoms with E-state index in [2.05, 4.69) is 25.4 Å². The molecule has 0 fully saturated rings. The molecule has 0 aliphatic carbocycles. The lowest BCUT2D eigenvalue weighted by atomic mass is 10.1. The van der Waals surface area contributed by atoms with Crippen molar-refractivity contribution in [3.63, 3.8) is 0 Å². The van der Waals surface area contributed by atoms with Gasteiger partial charge in [0.1, 0.15) is 18.1 Å². The number of carbonyl (C=O) groups excluding carboxylic acids is 1. The van der Waals surface area contributed by atoms with Crippen molar-refractivity contribution < 1.29 is 26.7 Å².